The smallest absolute Gasteiger partial charge is 0.104 e. The number of hydrogen-bond acceptors (Lipinski definition) is 3. The second-order valence-corrected chi connectivity index (χ2v) is 6.30. The number of nitrogens with two attached hydrogens (primary N) is 1. The minimum atomic E-state index is 0.102. The largest absolute Gasteiger partial charge is 0.324 e. The van der Waals surface area contributed by atoms with Gasteiger partial charge < -0.3 is 10.3 Å². The van der Waals surface area contributed by atoms with Crippen molar-refractivity contribution in [2.45, 2.75) is 32.9 Å². The maximum absolute atomic E-state index is 6.24. The van der Waals surface area contributed by atoms with Crippen LogP contribution in [0.3, 0.4) is 0 Å². The van der Waals surface area contributed by atoms with Crippen molar-refractivity contribution in [3.63, 3.8) is 0 Å². The molecule has 0 radical (unpaired) electrons. The lowest BCUT2D eigenvalue weighted by molar-refractivity contribution is 0.271. The predicted octanol–water partition coefficient (Wildman–Crippen LogP) is 2.94. The van der Waals surface area contributed by atoms with E-state index in [-0.39, 0.29) is 6.04 Å². The summed E-state index contributed by atoms with van der Waals surface area (Å²) >= 11 is 1.91. The van der Waals surface area contributed by atoms with Crippen LogP contribution in [0.15, 0.2) is 24.5 Å². The topological polar surface area (TPSA) is 34.2 Å². The Morgan fingerprint density at radius 2 is 2.11 bits per heavy atom. The Balaban J connectivity index is 2.08. The van der Waals surface area contributed by atoms with Gasteiger partial charge in [0.15, 0.2) is 0 Å². The van der Waals surface area contributed by atoms with Crippen LogP contribution in [0.2, 0.25) is 0 Å². The summed E-state index contributed by atoms with van der Waals surface area (Å²) in [6.07, 6.45) is 5.36. The summed E-state index contributed by atoms with van der Waals surface area (Å²) in [4.78, 5) is 4.01. The molecule has 2 aromatic heterocycles. The molecule has 3 nitrogen and oxygen atoms in total. The van der Waals surface area contributed by atoms with Crippen LogP contribution in [0, 0.1) is 0 Å². The average molecular weight is 275 g/mol. The van der Waals surface area contributed by atoms with Crippen LogP contribution in [0.1, 0.15) is 35.9 Å². The fourth-order valence-corrected chi connectivity index (χ4v) is 4.33. The Bertz CT molecular complexity index is 554. The minimum absolute atomic E-state index is 0.102. The molecular formula is C15H21N3S. The molecule has 0 aliphatic carbocycles. The minimum Gasteiger partial charge on any atom is -0.324 e. The lowest BCUT2D eigenvalue weighted by Gasteiger charge is -2.26. The molecule has 102 valence electrons. The molecule has 1 atom stereocenters. The summed E-state index contributed by atoms with van der Waals surface area (Å²) in [5.74, 6) is 0. The van der Waals surface area contributed by atoms with E-state index in [0.29, 0.717) is 0 Å². The molecule has 4 heteroatoms. The van der Waals surface area contributed by atoms with Crippen molar-refractivity contribution in [1.82, 2.24) is 9.47 Å². The molecule has 3 heterocycles. The van der Waals surface area contributed by atoms with Gasteiger partial charge in [0.05, 0.1) is 0 Å². The van der Waals surface area contributed by atoms with Crippen LogP contribution in [0.4, 0.5) is 0 Å². The standard InChI is InChI=1S/C15H21N3S/c1-3-17-9-6-12-13(10-17)19-15(14(12)11(2)16)18-7-4-5-8-18/h4-5,7-8,11H,3,6,9-10,16H2,1-2H3. The first-order chi connectivity index (χ1) is 9.20. The highest BCUT2D eigenvalue weighted by molar-refractivity contribution is 7.15. The van der Waals surface area contributed by atoms with E-state index in [1.807, 2.05) is 11.3 Å². The molecule has 1 aliphatic rings. The van der Waals surface area contributed by atoms with E-state index in [9.17, 15) is 0 Å². The molecule has 0 fully saturated rings. The van der Waals surface area contributed by atoms with Gasteiger partial charge in [-0.15, -0.1) is 11.3 Å². The van der Waals surface area contributed by atoms with E-state index < -0.39 is 0 Å². The Hall–Kier alpha value is -1.10. The molecule has 1 unspecified atom stereocenters. The second kappa shape index (κ2) is 5.12. The highest BCUT2D eigenvalue weighted by Crippen LogP contribution is 2.38. The van der Waals surface area contributed by atoms with Gasteiger partial charge in [0.25, 0.3) is 0 Å². The van der Waals surface area contributed by atoms with Crippen LogP contribution in [0.25, 0.3) is 5.00 Å². The van der Waals surface area contributed by atoms with Gasteiger partial charge in [-0.3, -0.25) is 4.90 Å². The van der Waals surface area contributed by atoms with Crippen LogP contribution < -0.4 is 5.73 Å². The number of aromatic nitrogens is 1. The zero-order valence-corrected chi connectivity index (χ0v) is 12.4. The van der Waals surface area contributed by atoms with Crippen molar-refractivity contribution >= 4 is 11.3 Å². The molecule has 2 aromatic rings. The number of rotatable bonds is 3. The zero-order valence-electron chi connectivity index (χ0n) is 11.6. The zero-order chi connectivity index (χ0) is 13.4. The molecule has 0 aromatic carbocycles. The first kappa shape index (κ1) is 12.9. The van der Waals surface area contributed by atoms with Crippen LogP contribution in [0.5, 0.6) is 0 Å². The lowest BCUT2D eigenvalue weighted by Crippen LogP contribution is -2.30. The Morgan fingerprint density at radius 3 is 2.74 bits per heavy atom. The summed E-state index contributed by atoms with van der Waals surface area (Å²) in [7, 11) is 0. The number of likely N-dealkylation sites (N-methyl/N-ethyl adjacent to an activating group) is 1. The highest BCUT2D eigenvalue weighted by Gasteiger charge is 2.25. The number of nitrogens with zero attached hydrogens (tertiary/aromatic N) is 2. The third kappa shape index (κ3) is 2.24. The number of fused-ring (bicyclic) bond motifs is 1. The summed E-state index contributed by atoms with van der Waals surface area (Å²) in [5.41, 5.74) is 9.10. The molecule has 0 amide bonds. The molecule has 0 saturated carbocycles. The van der Waals surface area contributed by atoms with Gasteiger partial charge in [0, 0.05) is 42.0 Å². The maximum Gasteiger partial charge on any atom is 0.104 e. The van der Waals surface area contributed by atoms with Crippen LogP contribution in [-0.2, 0) is 13.0 Å². The average Bonchev–Trinajstić information content (AvgIpc) is 3.04. The third-order valence-electron chi connectivity index (χ3n) is 3.90. The quantitative estimate of drug-likeness (QED) is 0.934. The molecule has 3 rings (SSSR count). The molecule has 0 bridgehead atoms. The van der Waals surface area contributed by atoms with E-state index in [1.54, 1.807) is 0 Å². The monoisotopic (exact) mass is 275 g/mol. The normalized spacial score (nSPS) is 17.4. The number of thiophene rings is 1. The van der Waals surface area contributed by atoms with E-state index in [1.165, 1.54) is 21.0 Å². The third-order valence-corrected chi connectivity index (χ3v) is 5.14. The lowest BCUT2D eigenvalue weighted by atomic mass is 9.99. The van der Waals surface area contributed by atoms with Gasteiger partial charge in [-0.1, -0.05) is 6.92 Å². The summed E-state index contributed by atoms with van der Waals surface area (Å²) < 4.78 is 2.21. The molecule has 0 spiro atoms. The molecule has 0 saturated heterocycles. The van der Waals surface area contributed by atoms with Crippen molar-refractivity contribution in [2.24, 2.45) is 5.73 Å². The maximum atomic E-state index is 6.24. The summed E-state index contributed by atoms with van der Waals surface area (Å²) in [6, 6.07) is 4.25. The van der Waals surface area contributed by atoms with Gasteiger partial charge in [-0.2, -0.15) is 0 Å². The van der Waals surface area contributed by atoms with Crippen molar-refractivity contribution in [1.29, 1.82) is 0 Å². The van der Waals surface area contributed by atoms with Crippen molar-refractivity contribution in [3.05, 3.63) is 40.5 Å². The Morgan fingerprint density at radius 1 is 1.37 bits per heavy atom. The van der Waals surface area contributed by atoms with E-state index >= 15 is 0 Å². The van der Waals surface area contributed by atoms with Crippen molar-refractivity contribution < 1.29 is 0 Å². The van der Waals surface area contributed by atoms with Crippen molar-refractivity contribution in [3.8, 4) is 5.00 Å². The van der Waals surface area contributed by atoms with Crippen LogP contribution >= 0.6 is 11.3 Å². The van der Waals surface area contributed by atoms with E-state index in [0.717, 1.165) is 26.1 Å². The second-order valence-electron chi connectivity index (χ2n) is 5.22. The molecule has 19 heavy (non-hydrogen) atoms. The molecular weight excluding hydrogens is 254 g/mol. The van der Waals surface area contributed by atoms with E-state index in [2.05, 4.69) is 47.8 Å². The number of hydrogen-bond donors (Lipinski definition) is 1. The predicted molar refractivity (Wildman–Crippen MR) is 80.9 cm³/mol. The summed E-state index contributed by atoms with van der Waals surface area (Å²) in [5, 5.41) is 1.31. The van der Waals surface area contributed by atoms with Gasteiger partial charge >= 0.3 is 0 Å². The molecule has 1 aliphatic heterocycles. The first-order valence-electron chi connectivity index (χ1n) is 6.96. The summed E-state index contributed by atoms with van der Waals surface area (Å²) in [6.45, 7) is 7.70. The molecule has 2 N–H and O–H groups in total. The van der Waals surface area contributed by atoms with Gasteiger partial charge in [-0.25, -0.2) is 0 Å². The first-order valence-corrected chi connectivity index (χ1v) is 7.78. The highest BCUT2D eigenvalue weighted by atomic mass is 32.1. The van der Waals surface area contributed by atoms with Crippen molar-refractivity contribution in [2.75, 3.05) is 13.1 Å². The van der Waals surface area contributed by atoms with Gasteiger partial charge in [-0.05, 0) is 37.6 Å². The van der Waals surface area contributed by atoms with Crippen LogP contribution in [-0.4, -0.2) is 22.6 Å². The Kier molecular flexibility index (Phi) is 3.48. The van der Waals surface area contributed by atoms with E-state index in [4.69, 9.17) is 5.73 Å². The fraction of sp³-hybridized carbons (Fsp3) is 0.467. The van der Waals surface area contributed by atoms with Gasteiger partial charge in [0.1, 0.15) is 5.00 Å². The fourth-order valence-electron chi connectivity index (χ4n) is 2.87. The van der Waals surface area contributed by atoms with Gasteiger partial charge in [0.2, 0.25) is 0 Å². The Labute approximate surface area is 118 Å². The SMILES string of the molecule is CCN1CCc2c(sc(-n3cccc3)c2C(C)N)C1.